The van der Waals surface area contributed by atoms with Crippen molar-refractivity contribution in [3.63, 3.8) is 0 Å². The fourth-order valence-corrected chi connectivity index (χ4v) is 2.56. The van der Waals surface area contributed by atoms with Gasteiger partial charge in [-0.1, -0.05) is 68.0 Å². The first kappa shape index (κ1) is 16.9. The molecule has 0 unspecified atom stereocenters. The molecule has 3 heteroatoms. The van der Waals surface area contributed by atoms with Crippen LogP contribution in [0.4, 0.5) is 0 Å². The number of aryl methyl sites for hydroxylation is 1. The van der Waals surface area contributed by atoms with Gasteiger partial charge in [0.05, 0.1) is 0 Å². The number of aliphatic imine (C=N–C) groups is 1. The van der Waals surface area contributed by atoms with E-state index >= 15 is 0 Å². The highest BCUT2D eigenvalue weighted by Crippen LogP contribution is 2.18. The summed E-state index contributed by atoms with van der Waals surface area (Å²) in [6, 6.07) is 18.0. The Kier molecular flexibility index (Phi) is 5.57. The van der Waals surface area contributed by atoms with Crippen LogP contribution in [0.2, 0.25) is 0 Å². The van der Waals surface area contributed by atoms with Crippen molar-refractivity contribution >= 4 is 17.9 Å². The van der Waals surface area contributed by atoms with Gasteiger partial charge in [0.25, 0.3) is 0 Å². The molecule has 0 aromatic heterocycles. The zero-order valence-corrected chi connectivity index (χ0v) is 14.3. The number of ether oxygens (including phenoxy) is 1. The number of esters is 1. The highest BCUT2D eigenvalue weighted by atomic mass is 16.6. The van der Waals surface area contributed by atoms with Crippen LogP contribution in [0.3, 0.4) is 0 Å². The first-order chi connectivity index (χ1) is 12.3. The minimum Gasteiger partial charge on any atom is -0.402 e. The van der Waals surface area contributed by atoms with Crippen LogP contribution in [0, 0.1) is 0 Å². The van der Waals surface area contributed by atoms with Crippen molar-refractivity contribution in [3.8, 4) is 0 Å². The summed E-state index contributed by atoms with van der Waals surface area (Å²) in [7, 11) is 0. The topological polar surface area (TPSA) is 38.7 Å². The molecule has 0 fully saturated rings. The summed E-state index contributed by atoms with van der Waals surface area (Å²) in [5, 5.41) is 0. The van der Waals surface area contributed by atoms with E-state index in [1.54, 1.807) is 6.08 Å². The Hall–Kier alpha value is -2.94. The molecule has 1 heterocycles. The summed E-state index contributed by atoms with van der Waals surface area (Å²) < 4.78 is 5.29. The molecule has 3 nitrogen and oxygen atoms in total. The minimum atomic E-state index is -0.414. The number of hydrogen-bond donors (Lipinski definition) is 0. The summed E-state index contributed by atoms with van der Waals surface area (Å²) >= 11 is 0. The average molecular weight is 331 g/mol. The van der Waals surface area contributed by atoms with Gasteiger partial charge in [0.1, 0.15) is 0 Å². The Morgan fingerprint density at radius 2 is 1.80 bits per heavy atom. The number of unbranched alkanes of at least 4 members (excludes halogenated alkanes) is 1. The van der Waals surface area contributed by atoms with E-state index in [2.05, 4.69) is 24.0 Å². The Balaban J connectivity index is 1.71. The maximum Gasteiger partial charge on any atom is 0.363 e. The lowest BCUT2D eigenvalue weighted by atomic mass is 10.1. The molecule has 1 aliphatic heterocycles. The van der Waals surface area contributed by atoms with Crippen molar-refractivity contribution < 1.29 is 9.53 Å². The molecule has 0 saturated heterocycles. The molecular formula is C22H21NO2. The zero-order valence-electron chi connectivity index (χ0n) is 14.3. The third kappa shape index (κ3) is 4.54. The van der Waals surface area contributed by atoms with E-state index in [0.29, 0.717) is 11.6 Å². The van der Waals surface area contributed by atoms with Crippen LogP contribution in [-0.2, 0) is 16.0 Å². The van der Waals surface area contributed by atoms with Crippen molar-refractivity contribution in [3.05, 3.63) is 89.1 Å². The molecule has 0 radical (unpaired) electrons. The van der Waals surface area contributed by atoms with Gasteiger partial charge in [-0.05, 0) is 42.2 Å². The maximum absolute atomic E-state index is 12.0. The normalized spacial score (nSPS) is 15.6. The molecule has 0 bridgehead atoms. The van der Waals surface area contributed by atoms with Gasteiger partial charge >= 0.3 is 5.97 Å². The molecule has 126 valence electrons. The van der Waals surface area contributed by atoms with Crippen LogP contribution < -0.4 is 0 Å². The first-order valence-electron chi connectivity index (χ1n) is 8.60. The van der Waals surface area contributed by atoms with Gasteiger partial charge in [-0.2, -0.15) is 0 Å². The van der Waals surface area contributed by atoms with Crippen molar-refractivity contribution in [1.82, 2.24) is 0 Å². The van der Waals surface area contributed by atoms with Crippen LogP contribution in [0.5, 0.6) is 0 Å². The Bertz CT molecular complexity index is 815. The number of cyclic esters (lactones) is 1. The largest absolute Gasteiger partial charge is 0.402 e. The molecule has 2 aromatic rings. The Morgan fingerprint density at radius 3 is 2.52 bits per heavy atom. The zero-order chi connectivity index (χ0) is 17.5. The monoisotopic (exact) mass is 331 g/mol. The smallest absolute Gasteiger partial charge is 0.363 e. The second-order valence-corrected chi connectivity index (χ2v) is 5.93. The van der Waals surface area contributed by atoms with Crippen LogP contribution in [0.25, 0.3) is 6.08 Å². The molecule has 0 atom stereocenters. The van der Waals surface area contributed by atoms with Gasteiger partial charge in [0.15, 0.2) is 5.70 Å². The summed E-state index contributed by atoms with van der Waals surface area (Å²) in [4.78, 5) is 16.3. The lowest BCUT2D eigenvalue weighted by Crippen LogP contribution is -2.05. The van der Waals surface area contributed by atoms with Crippen molar-refractivity contribution in [2.24, 2.45) is 4.99 Å². The molecule has 0 amide bonds. The summed E-state index contributed by atoms with van der Waals surface area (Å²) in [6.45, 7) is 2.18. The molecular weight excluding hydrogens is 310 g/mol. The predicted molar refractivity (Wildman–Crippen MR) is 101 cm³/mol. The van der Waals surface area contributed by atoms with Crippen molar-refractivity contribution in [2.45, 2.75) is 26.2 Å². The molecule has 0 spiro atoms. The SMILES string of the molecule is CCCCc1ccc(C2=N/C(=C\C=C\c3ccccc3)C(=O)O2)cc1. The van der Waals surface area contributed by atoms with E-state index in [9.17, 15) is 4.79 Å². The highest BCUT2D eigenvalue weighted by Gasteiger charge is 2.23. The number of benzene rings is 2. The third-order valence-corrected chi connectivity index (χ3v) is 3.98. The number of rotatable bonds is 6. The maximum atomic E-state index is 12.0. The summed E-state index contributed by atoms with van der Waals surface area (Å²) in [6.07, 6.45) is 8.84. The van der Waals surface area contributed by atoms with Crippen LogP contribution >= 0.6 is 0 Å². The molecule has 0 N–H and O–H groups in total. The second kappa shape index (κ2) is 8.25. The second-order valence-electron chi connectivity index (χ2n) is 5.93. The first-order valence-corrected chi connectivity index (χ1v) is 8.60. The van der Waals surface area contributed by atoms with Gasteiger partial charge in [0.2, 0.25) is 5.90 Å². The van der Waals surface area contributed by atoms with E-state index in [1.807, 2.05) is 54.6 Å². The van der Waals surface area contributed by atoms with Gasteiger partial charge < -0.3 is 4.74 Å². The number of allylic oxidation sites excluding steroid dienone is 2. The number of nitrogens with zero attached hydrogens (tertiary/aromatic N) is 1. The van der Waals surface area contributed by atoms with Gasteiger partial charge in [-0.25, -0.2) is 9.79 Å². The predicted octanol–water partition coefficient (Wildman–Crippen LogP) is 4.93. The van der Waals surface area contributed by atoms with Crippen molar-refractivity contribution in [1.29, 1.82) is 0 Å². The summed E-state index contributed by atoms with van der Waals surface area (Å²) in [5.74, 6) is -0.0471. The van der Waals surface area contributed by atoms with Crippen LogP contribution in [-0.4, -0.2) is 11.9 Å². The molecule has 2 aromatic carbocycles. The van der Waals surface area contributed by atoms with E-state index in [0.717, 1.165) is 17.5 Å². The molecule has 25 heavy (non-hydrogen) atoms. The summed E-state index contributed by atoms with van der Waals surface area (Å²) in [5.41, 5.74) is 3.50. The molecule has 1 aliphatic rings. The van der Waals surface area contributed by atoms with E-state index < -0.39 is 5.97 Å². The standard InChI is InChI=1S/C22H21NO2/c1-2-3-8-18-13-15-19(16-14-18)21-23-20(22(24)25-21)12-7-11-17-9-5-4-6-10-17/h4-7,9-16H,2-3,8H2,1H3/b11-7+,20-12-. The third-order valence-electron chi connectivity index (χ3n) is 3.98. The lowest BCUT2D eigenvalue weighted by molar-refractivity contribution is -0.130. The molecule has 0 aliphatic carbocycles. The molecule has 0 saturated carbocycles. The number of hydrogen-bond acceptors (Lipinski definition) is 3. The highest BCUT2D eigenvalue weighted by molar-refractivity contribution is 6.11. The number of carbonyl (C=O) groups excluding carboxylic acids is 1. The van der Waals surface area contributed by atoms with Crippen molar-refractivity contribution in [2.75, 3.05) is 0 Å². The van der Waals surface area contributed by atoms with Gasteiger partial charge in [-0.15, -0.1) is 0 Å². The van der Waals surface area contributed by atoms with Gasteiger partial charge in [-0.3, -0.25) is 0 Å². The van der Waals surface area contributed by atoms with E-state index in [1.165, 1.54) is 18.4 Å². The molecule has 3 rings (SSSR count). The van der Waals surface area contributed by atoms with E-state index in [-0.39, 0.29) is 0 Å². The fourth-order valence-electron chi connectivity index (χ4n) is 2.56. The average Bonchev–Trinajstić information content (AvgIpc) is 3.02. The number of carbonyl (C=O) groups is 1. The lowest BCUT2D eigenvalue weighted by Gasteiger charge is -2.02. The quantitative estimate of drug-likeness (QED) is 0.556. The van der Waals surface area contributed by atoms with E-state index in [4.69, 9.17) is 4.74 Å². The van der Waals surface area contributed by atoms with Crippen LogP contribution in [0.1, 0.15) is 36.5 Å². The van der Waals surface area contributed by atoms with Gasteiger partial charge in [0, 0.05) is 5.56 Å². The fraction of sp³-hybridized carbons (Fsp3) is 0.182. The Morgan fingerprint density at radius 1 is 1.04 bits per heavy atom. The van der Waals surface area contributed by atoms with Crippen LogP contribution in [0.15, 0.2) is 77.4 Å². The minimum absolute atomic E-state index is 0.317. The Labute approximate surface area is 148 Å².